The van der Waals surface area contributed by atoms with E-state index < -0.39 is 0 Å². The lowest BCUT2D eigenvalue weighted by Crippen LogP contribution is -2.25. The Morgan fingerprint density at radius 3 is 2.95 bits per heavy atom. The molecule has 0 aliphatic carbocycles. The highest BCUT2D eigenvalue weighted by Gasteiger charge is 2.14. The minimum Gasteiger partial charge on any atom is -0.480 e. The number of hydrogen-bond acceptors (Lipinski definition) is 6. The number of rotatable bonds is 2. The maximum Gasteiger partial charge on any atom is 0.233 e. The molecule has 0 radical (unpaired) electrons. The summed E-state index contributed by atoms with van der Waals surface area (Å²) in [6.07, 6.45) is 0.915. The number of ether oxygens (including phenoxy) is 1. The molecule has 7 heteroatoms. The van der Waals surface area contributed by atoms with Crippen LogP contribution in [0.25, 0.3) is 11.5 Å². The first-order valence-electron chi connectivity index (χ1n) is 5.99. The molecule has 6 nitrogen and oxygen atoms in total. The van der Waals surface area contributed by atoms with E-state index in [1.54, 1.807) is 13.2 Å². The van der Waals surface area contributed by atoms with Crippen molar-refractivity contribution in [2.24, 2.45) is 0 Å². The van der Waals surface area contributed by atoms with E-state index in [1.807, 2.05) is 6.07 Å². The van der Waals surface area contributed by atoms with E-state index in [0.717, 1.165) is 30.8 Å². The van der Waals surface area contributed by atoms with Gasteiger partial charge in [-0.3, -0.25) is 0 Å². The second kappa shape index (κ2) is 5.02. The topological polar surface area (TPSA) is 75.7 Å². The van der Waals surface area contributed by atoms with Crippen molar-refractivity contribution >= 4 is 12.2 Å². The van der Waals surface area contributed by atoms with Crippen LogP contribution in [-0.2, 0) is 13.0 Å². The monoisotopic (exact) mass is 275 g/mol. The average molecular weight is 275 g/mol. The average Bonchev–Trinajstić information content (AvgIpc) is 2.47. The van der Waals surface area contributed by atoms with Gasteiger partial charge in [-0.15, -0.1) is 10.2 Å². The van der Waals surface area contributed by atoms with Crippen molar-refractivity contribution in [3.05, 3.63) is 28.0 Å². The number of nitrogens with zero attached hydrogens (tertiary/aromatic N) is 3. The van der Waals surface area contributed by atoms with E-state index in [9.17, 15) is 0 Å². The largest absolute Gasteiger partial charge is 0.480 e. The van der Waals surface area contributed by atoms with Gasteiger partial charge in [-0.2, -0.15) is 0 Å². The van der Waals surface area contributed by atoms with Crippen molar-refractivity contribution < 1.29 is 4.74 Å². The van der Waals surface area contributed by atoms with Crippen LogP contribution in [0.15, 0.2) is 12.1 Å². The number of methoxy groups -OCH3 is 1. The molecule has 0 bridgehead atoms. The first-order chi connectivity index (χ1) is 9.28. The fraction of sp³-hybridized carbons (Fsp3) is 0.333. The lowest BCUT2D eigenvalue weighted by molar-refractivity contribution is 0.392. The predicted octanol–water partition coefficient (Wildman–Crippen LogP) is 1.25. The minimum absolute atomic E-state index is 0.476. The molecule has 0 spiro atoms. The molecule has 3 rings (SSSR count). The fourth-order valence-corrected chi connectivity index (χ4v) is 2.33. The van der Waals surface area contributed by atoms with Gasteiger partial charge in [0.15, 0.2) is 5.82 Å². The summed E-state index contributed by atoms with van der Waals surface area (Å²) in [5.74, 6) is 1.13. The summed E-state index contributed by atoms with van der Waals surface area (Å²) in [7, 11) is 1.56. The fourth-order valence-electron chi connectivity index (χ4n) is 2.04. The van der Waals surface area contributed by atoms with Crippen molar-refractivity contribution in [2.45, 2.75) is 13.0 Å². The third-order valence-corrected chi connectivity index (χ3v) is 3.39. The lowest BCUT2D eigenvalue weighted by Gasteiger charge is -2.17. The highest BCUT2D eigenvalue weighted by molar-refractivity contribution is 7.71. The molecule has 0 amide bonds. The highest BCUT2D eigenvalue weighted by atomic mass is 32.1. The van der Waals surface area contributed by atoms with Gasteiger partial charge in [0.2, 0.25) is 5.88 Å². The lowest BCUT2D eigenvalue weighted by atomic mass is 10.1. The van der Waals surface area contributed by atoms with E-state index in [1.165, 1.54) is 0 Å². The summed E-state index contributed by atoms with van der Waals surface area (Å²) >= 11 is 5.33. The van der Waals surface area contributed by atoms with Crippen LogP contribution in [0.5, 0.6) is 5.88 Å². The second-order valence-corrected chi connectivity index (χ2v) is 4.62. The molecule has 2 aromatic heterocycles. The Balaban J connectivity index is 2.05. The molecule has 1 aliphatic rings. The Kier molecular flexibility index (Phi) is 3.22. The number of fused-ring (bicyclic) bond motifs is 1. The first kappa shape index (κ1) is 12.2. The molecular weight excluding hydrogens is 262 g/mol. The van der Waals surface area contributed by atoms with E-state index in [2.05, 4.69) is 25.5 Å². The van der Waals surface area contributed by atoms with Crippen LogP contribution in [0.1, 0.15) is 11.3 Å². The van der Waals surface area contributed by atoms with E-state index in [4.69, 9.17) is 17.0 Å². The van der Waals surface area contributed by atoms with Crippen molar-refractivity contribution in [3.8, 4) is 17.4 Å². The van der Waals surface area contributed by atoms with Crippen LogP contribution >= 0.6 is 12.2 Å². The van der Waals surface area contributed by atoms with Gasteiger partial charge in [0, 0.05) is 36.8 Å². The molecule has 0 unspecified atom stereocenters. The second-order valence-electron chi connectivity index (χ2n) is 4.24. The third kappa shape index (κ3) is 2.34. The van der Waals surface area contributed by atoms with Crippen LogP contribution in [-0.4, -0.2) is 33.8 Å². The van der Waals surface area contributed by atoms with Gasteiger partial charge in [-0.05, 0) is 6.07 Å². The van der Waals surface area contributed by atoms with Crippen LogP contribution in [0.2, 0.25) is 0 Å². The number of nitrogens with one attached hydrogen (secondary N) is 2. The molecule has 0 atom stereocenters. The Bertz CT molecular complexity index is 652. The minimum atomic E-state index is 0.476. The number of aromatic nitrogens is 4. The van der Waals surface area contributed by atoms with Crippen molar-refractivity contribution in [1.29, 1.82) is 0 Å². The maximum atomic E-state index is 5.33. The van der Waals surface area contributed by atoms with Gasteiger partial charge >= 0.3 is 0 Å². The molecule has 0 saturated carbocycles. The Labute approximate surface area is 115 Å². The summed E-state index contributed by atoms with van der Waals surface area (Å²) in [6, 6.07) is 3.56. The van der Waals surface area contributed by atoms with Crippen LogP contribution in [0, 0.1) is 4.64 Å². The standard InChI is InChI=1S/C12H13N5OS/c1-18-10-3-2-9(16-17-10)11-14-8-4-5-13-6-7(8)12(19)15-11/h2-3,13H,4-6H2,1H3,(H,14,15,19). The molecule has 0 fully saturated rings. The summed E-state index contributed by atoms with van der Waals surface area (Å²) in [6.45, 7) is 1.71. The zero-order chi connectivity index (χ0) is 13.2. The summed E-state index contributed by atoms with van der Waals surface area (Å²) < 4.78 is 5.61. The van der Waals surface area contributed by atoms with E-state index in [0.29, 0.717) is 22.0 Å². The smallest absolute Gasteiger partial charge is 0.233 e. The van der Waals surface area contributed by atoms with Gasteiger partial charge in [-0.1, -0.05) is 12.2 Å². The molecule has 19 heavy (non-hydrogen) atoms. The quantitative estimate of drug-likeness (QED) is 0.803. The number of hydrogen-bond donors (Lipinski definition) is 2. The normalized spacial score (nSPS) is 13.9. The Morgan fingerprint density at radius 2 is 2.21 bits per heavy atom. The van der Waals surface area contributed by atoms with Crippen LogP contribution in [0.4, 0.5) is 0 Å². The predicted molar refractivity (Wildman–Crippen MR) is 72.4 cm³/mol. The Morgan fingerprint density at radius 1 is 1.32 bits per heavy atom. The summed E-state index contributed by atoms with van der Waals surface area (Å²) in [5, 5.41) is 11.3. The molecule has 98 valence electrons. The van der Waals surface area contributed by atoms with Gasteiger partial charge < -0.3 is 15.0 Å². The Hall–Kier alpha value is -1.86. The highest BCUT2D eigenvalue weighted by Crippen LogP contribution is 2.18. The SMILES string of the molecule is COc1ccc(-c2nc(=S)c3c([nH]2)CCNC3)nn1. The molecule has 2 N–H and O–H groups in total. The number of aromatic amines is 1. The van der Waals surface area contributed by atoms with Gasteiger partial charge in [0.1, 0.15) is 10.3 Å². The summed E-state index contributed by atoms with van der Waals surface area (Å²) in [5.41, 5.74) is 2.87. The summed E-state index contributed by atoms with van der Waals surface area (Å²) in [4.78, 5) is 7.69. The number of H-pyrrole nitrogens is 1. The van der Waals surface area contributed by atoms with Crippen molar-refractivity contribution in [1.82, 2.24) is 25.5 Å². The molecular formula is C12H13N5OS. The molecule has 0 saturated heterocycles. The van der Waals surface area contributed by atoms with E-state index in [-0.39, 0.29) is 0 Å². The van der Waals surface area contributed by atoms with Gasteiger partial charge in [-0.25, -0.2) is 4.98 Å². The van der Waals surface area contributed by atoms with Crippen LogP contribution in [0.3, 0.4) is 0 Å². The zero-order valence-corrected chi connectivity index (χ0v) is 11.3. The van der Waals surface area contributed by atoms with E-state index >= 15 is 0 Å². The zero-order valence-electron chi connectivity index (χ0n) is 10.4. The van der Waals surface area contributed by atoms with Crippen molar-refractivity contribution in [2.75, 3.05) is 13.7 Å². The van der Waals surface area contributed by atoms with Gasteiger partial charge in [0.25, 0.3) is 0 Å². The van der Waals surface area contributed by atoms with Crippen molar-refractivity contribution in [3.63, 3.8) is 0 Å². The maximum absolute atomic E-state index is 5.33. The third-order valence-electron chi connectivity index (χ3n) is 3.05. The van der Waals surface area contributed by atoms with Crippen LogP contribution < -0.4 is 10.1 Å². The molecule has 0 aromatic carbocycles. The molecule has 2 aromatic rings. The molecule has 1 aliphatic heterocycles. The first-order valence-corrected chi connectivity index (χ1v) is 6.39. The molecule has 3 heterocycles. The van der Waals surface area contributed by atoms with Gasteiger partial charge in [0.05, 0.1) is 7.11 Å².